The lowest BCUT2D eigenvalue weighted by Crippen LogP contribution is -2.37. The van der Waals surface area contributed by atoms with E-state index in [0.717, 1.165) is 19.0 Å². The van der Waals surface area contributed by atoms with Gasteiger partial charge in [-0.2, -0.15) is 0 Å². The van der Waals surface area contributed by atoms with Crippen LogP contribution in [0.5, 0.6) is 0 Å². The smallest absolute Gasteiger partial charge is 0.328 e. The Kier molecular flexibility index (Phi) is 7.20. The summed E-state index contributed by atoms with van der Waals surface area (Å²) in [5.74, 6) is -0.937. The van der Waals surface area contributed by atoms with Gasteiger partial charge in [-0.3, -0.25) is 9.69 Å². The Morgan fingerprint density at radius 1 is 1.31 bits per heavy atom. The van der Waals surface area contributed by atoms with Crippen molar-refractivity contribution in [1.82, 2.24) is 9.80 Å². The standard InChI is InChI=1S/C11H20N2O3/c1-4-7-13(8-5-6-11(15)16)9-10(14)12(2)3/h5-6H,4,7-9H2,1-3H3,(H,15,16). The highest BCUT2D eigenvalue weighted by molar-refractivity contribution is 5.79. The van der Waals surface area contributed by atoms with Gasteiger partial charge in [0.15, 0.2) is 0 Å². The van der Waals surface area contributed by atoms with Crippen LogP contribution in [-0.4, -0.2) is 60.5 Å². The van der Waals surface area contributed by atoms with Crippen LogP contribution in [-0.2, 0) is 9.59 Å². The Balaban J connectivity index is 4.16. The monoisotopic (exact) mass is 228 g/mol. The molecule has 1 N–H and O–H groups in total. The third kappa shape index (κ3) is 7.00. The van der Waals surface area contributed by atoms with Gasteiger partial charge in [-0.05, 0) is 13.0 Å². The van der Waals surface area contributed by atoms with Gasteiger partial charge in [0.1, 0.15) is 0 Å². The maximum Gasteiger partial charge on any atom is 0.328 e. The maximum absolute atomic E-state index is 11.5. The molecule has 5 nitrogen and oxygen atoms in total. The highest BCUT2D eigenvalue weighted by atomic mass is 16.4. The van der Waals surface area contributed by atoms with Crippen molar-refractivity contribution in [3.8, 4) is 0 Å². The summed E-state index contributed by atoms with van der Waals surface area (Å²) in [4.78, 5) is 25.2. The van der Waals surface area contributed by atoms with Gasteiger partial charge < -0.3 is 10.0 Å². The molecule has 0 rings (SSSR count). The number of amides is 1. The summed E-state index contributed by atoms with van der Waals surface area (Å²) in [7, 11) is 3.42. The highest BCUT2D eigenvalue weighted by Gasteiger charge is 2.09. The van der Waals surface area contributed by atoms with E-state index in [1.165, 1.54) is 4.90 Å². The zero-order chi connectivity index (χ0) is 12.6. The Morgan fingerprint density at radius 2 is 1.94 bits per heavy atom. The van der Waals surface area contributed by atoms with Crippen molar-refractivity contribution in [3.05, 3.63) is 12.2 Å². The van der Waals surface area contributed by atoms with E-state index in [-0.39, 0.29) is 5.91 Å². The van der Waals surface area contributed by atoms with Crippen LogP contribution >= 0.6 is 0 Å². The number of aliphatic carboxylic acids is 1. The van der Waals surface area contributed by atoms with Crippen LogP contribution in [0.4, 0.5) is 0 Å². The average molecular weight is 228 g/mol. The molecule has 0 aliphatic heterocycles. The summed E-state index contributed by atoms with van der Waals surface area (Å²) in [5, 5.41) is 8.45. The summed E-state index contributed by atoms with van der Waals surface area (Å²) >= 11 is 0. The normalized spacial score (nSPS) is 11.0. The van der Waals surface area contributed by atoms with Gasteiger partial charge in [0.05, 0.1) is 6.54 Å². The van der Waals surface area contributed by atoms with Crippen molar-refractivity contribution < 1.29 is 14.7 Å². The van der Waals surface area contributed by atoms with E-state index in [4.69, 9.17) is 5.11 Å². The lowest BCUT2D eigenvalue weighted by Gasteiger charge is -2.21. The molecule has 0 fully saturated rings. The third-order valence-corrected chi connectivity index (χ3v) is 2.02. The van der Waals surface area contributed by atoms with E-state index in [0.29, 0.717) is 13.1 Å². The number of carboxylic acid groups (broad SMARTS) is 1. The predicted octanol–water partition coefficient (Wildman–Crippen LogP) is 0.427. The minimum absolute atomic E-state index is 0.0252. The number of carbonyl (C=O) groups excluding carboxylic acids is 1. The molecule has 92 valence electrons. The minimum Gasteiger partial charge on any atom is -0.478 e. The fourth-order valence-corrected chi connectivity index (χ4v) is 1.19. The first kappa shape index (κ1) is 14.6. The number of rotatable bonds is 7. The second kappa shape index (κ2) is 7.87. The van der Waals surface area contributed by atoms with Gasteiger partial charge in [-0.1, -0.05) is 13.0 Å². The van der Waals surface area contributed by atoms with Crippen LogP contribution in [0.25, 0.3) is 0 Å². The largest absolute Gasteiger partial charge is 0.478 e. The van der Waals surface area contributed by atoms with Crippen LogP contribution in [0.3, 0.4) is 0 Å². The molecular formula is C11H20N2O3. The first-order chi connectivity index (χ1) is 7.47. The molecule has 0 aromatic carbocycles. The molecule has 5 heteroatoms. The molecule has 0 radical (unpaired) electrons. The zero-order valence-corrected chi connectivity index (χ0v) is 10.1. The Hall–Kier alpha value is -1.36. The average Bonchev–Trinajstić information content (AvgIpc) is 2.17. The highest BCUT2D eigenvalue weighted by Crippen LogP contribution is 1.94. The van der Waals surface area contributed by atoms with Crippen molar-refractivity contribution in [1.29, 1.82) is 0 Å². The number of carboxylic acids is 1. The molecule has 0 aliphatic rings. The summed E-state index contributed by atoms with van der Waals surface area (Å²) in [6.45, 7) is 3.61. The second-order valence-corrected chi connectivity index (χ2v) is 3.76. The van der Waals surface area contributed by atoms with Crippen molar-refractivity contribution in [2.45, 2.75) is 13.3 Å². The first-order valence-electron chi connectivity index (χ1n) is 5.29. The molecule has 1 amide bonds. The molecule has 0 bridgehead atoms. The predicted molar refractivity (Wildman–Crippen MR) is 62.2 cm³/mol. The molecule has 16 heavy (non-hydrogen) atoms. The fourth-order valence-electron chi connectivity index (χ4n) is 1.19. The molecule has 0 saturated carbocycles. The lowest BCUT2D eigenvalue weighted by molar-refractivity contribution is -0.131. The van der Waals surface area contributed by atoms with Crippen molar-refractivity contribution >= 4 is 11.9 Å². The molecule has 0 unspecified atom stereocenters. The van der Waals surface area contributed by atoms with Crippen molar-refractivity contribution in [3.63, 3.8) is 0 Å². The third-order valence-electron chi connectivity index (χ3n) is 2.02. The molecule has 0 atom stereocenters. The molecular weight excluding hydrogens is 208 g/mol. The number of nitrogens with zero attached hydrogens (tertiary/aromatic N) is 2. The van der Waals surface area contributed by atoms with Crippen LogP contribution in [0.1, 0.15) is 13.3 Å². The molecule has 0 saturated heterocycles. The topological polar surface area (TPSA) is 60.9 Å². The number of carbonyl (C=O) groups is 2. The van der Waals surface area contributed by atoms with Gasteiger partial charge in [0.2, 0.25) is 5.91 Å². The Bertz CT molecular complexity index is 262. The lowest BCUT2D eigenvalue weighted by atomic mass is 10.3. The fraction of sp³-hybridized carbons (Fsp3) is 0.636. The number of likely N-dealkylation sites (N-methyl/N-ethyl adjacent to an activating group) is 1. The first-order valence-corrected chi connectivity index (χ1v) is 5.29. The van der Waals surface area contributed by atoms with E-state index in [2.05, 4.69) is 0 Å². The van der Waals surface area contributed by atoms with Gasteiger partial charge in [-0.15, -0.1) is 0 Å². The molecule has 0 aliphatic carbocycles. The summed E-state index contributed by atoms with van der Waals surface area (Å²) in [5.41, 5.74) is 0. The van der Waals surface area contributed by atoms with Gasteiger partial charge in [-0.25, -0.2) is 4.79 Å². The van der Waals surface area contributed by atoms with Crippen LogP contribution in [0.15, 0.2) is 12.2 Å². The quantitative estimate of drug-likeness (QED) is 0.642. The van der Waals surface area contributed by atoms with E-state index in [9.17, 15) is 9.59 Å². The van der Waals surface area contributed by atoms with Crippen LogP contribution in [0.2, 0.25) is 0 Å². The molecule has 0 heterocycles. The van der Waals surface area contributed by atoms with Crippen molar-refractivity contribution in [2.75, 3.05) is 33.7 Å². The molecule has 0 spiro atoms. The SMILES string of the molecule is CCCN(CC=CC(=O)O)CC(=O)N(C)C. The Morgan fingerprint density at radius 3 is 2.38 bits per heavy atom. The van der Waals surface area contributed by atoms with E-state index < -0.39 is 5.97 Å². The van der Waals surface area contributed by atoms with Gasteiger partial charge >= 0.3 is 5.97 Å². The van der Waals surface area contributed by atoms with E-state index in [1.54, 1.807) is 20.2 Å². The Labute approximate surface area is 96.3 Å². The summed E-state index contributed by atoms with van der Waals surface area (Å²) in [6.07, 6.45) is 3.59. The van der Waals surface area contributed by atoms with Crippen LogP contribution in [0, 0.1) is 0 Å². The molecule has 0 aromatic heterocycles. The molecule has 0 aromatic rings. The maximum atomic E-state index is 11.5. The van der Waals surface area contributed by atoms with Crippen LogP contribution < -0.4 is 0 Å². The minimum atomic E-state index is -0.963. The van der Waals surface area contributed by atoms with E-state index in [1.807, 2.05) is 11.8 Å². The number of hydrogen-bond acceptors (Lipinski definition) is 3. The number of hydrogen-bond donors (Lipinski definition) is 1. The van der Waals surface area contributed by atoms with Crippen molar-refractivity contribution in [2.24, 2.45) is 0 Å². The van der Waals surface area contributed by atoms with Gasteiger partial charge in [0, 0.05) is 26.7 Å². The van der Waals surface area contributed by atoms with E-state index >= 15 is 0 Å². The summed E-state index contributed by atoms with van der Waals surface area (Å²) in [6, 6.07) is 0. The zero-order valence-electron chi connectivity index (χ0n) is 10.1. The second-order valence-electron chi connectivity index (χ2n) is 3.76. The van der Waals surface area contributed by atoms with Gasteiger partial charge in [0.25, 0.3) is 0 Å². The summed E-state index contributed by atoms with van der Waals surface area (Å²) < 4.78 is 0.